The van der Waals surface area contributed by atoms with E-state index in [9.17, 15) is 4.79 Å². The summed E-state index contributed by atoms with van der Waals surface area (Å²) in [5.74, 6) is 0. The molecular weight excluding hydrogens is 180 g/mol. The summed E-state index contributed by atoms with van der Waals surface area (Å²) >= 11 is 0. The van der Waals surface area contributed by atoms with E-state index in [2.05, 4.69) is 23.8 Å². The van der Waals surface area contributed by atoms with Crippen molar-refractivity contribution in [1.29, 1.82) is 5.26 Å². The summed E-state index contributed by atoms with van der Waals surface area (Å²) in [7, 11) is 1.19. The smallest absolute Gasteiger partial charge is 0.420 e. The first kappa shape index (κ1) is 12.0. The highest BCUT2D eigenvalue weighted by molar-refractivity contribution is 5.68. The van der Waals surface area contributed by atoms with Crippen molar-refractivity contribution in [3.63, 3.8) is 0 Å². The third-order valence-electron chi connectivity index (χ3n) is 1.28. The molecule has 14 heavy (non-hydrogen) atoms. The maximum Gasteiger partial charge on any atom is 0.420 e. The number of carbonyl (C=O) groups excluding carboxylic acids is 1. The summed E-state index contributed by atoms with van der Waals surface area (Å²) in [6, 6.07) is 10.3. The Labute approximate surface area is 83.1 Å². The molecule has 0 fully saturated rings. The molecule has 1 aromatic rings. The average Bonchev–Trinajstić information content (AvgIpc) is 2.20. The van der Waals surface area contributed by atoms with E-state index in [0.29, 0.717) is 0 Å². The molecule has 0 aliphatic carbocycles. The van der Waals surface area contributed by atoms with E-state index in [0.717, 1.165) is 0 Å². The molecule has 0 spiro atoms. The van der Waals surface area contributed by atoms with Crippen LogP contribution in [0.1, 0.15) is 5.56 Å². The summed E-state index contributed by atoms with van der Waals surface area (Å²) in [6.07, 6.45) is 0.660. The van der Waals surface area contributed by atoms with Crippen LogP contribution in [-0.4, -0.2) is 13.2 Å². The van der Waals surface area contributed by atoms with Crippen LogP contribution in [0.2, 0.25) is 0 Å². The fourth-order valence-corrected chi connectivity index (χ4v) is 0.631. The molecule has 0 aliphatic rings. The van der Waals surface area contributed by atoms with Crippen molar-refractivity contribution in [1.82, 2.24) is 5.32 Å². The van der Waals surface area contributed by atoms with E-state index < -0.39 is 6.09 Å². The van der Waals surface area contributed by atoms with Crippen LogP contribution >= 0.6 is 0 Å². The highest BCUT2D eigenvalue weighted by Crippen LogP contribution is 1.92. The molecule has 74 valence electrons. The first-order chi connectivity index (χ1) is 6.70. The molecule has 0 unspecified atom stereocenters. The minimum atomic E-state index is -0.734. The van der Waals surface area contributed by atoms with Gasteiger partial charge >= 0.3 is 6.09 Å². The van der Waals surface area contributed by atoms with Gasteiger partial charge in [0.1, 0.15) is 0 Å². The summed E-state index contributed by atoms with van der Waals surface area (Å²) in [4.78, 5) is 9.86. The minimum Gasteiger partial charge on any atom is -0.452 e. The van der Waals surface area contributed by atoms with Gasteiger partial charge in [-0.25, -0.2) is 10.1 Å². The standard InChI is InChI=1S/C7H8.C3H4N2O2/c1-7-5-3-2-4-6-7;1-7-3(6)5-2-4/h2-6H,1H3;1H3,(H,5,6). The van der Waals surface area contributed by atoms with Crippen LogP contribution < -0.4 is 5.32 Å². The van der Waals surface area contributed by atoms with E-state index in [1.165, 1.54) is 18.9 Å². The Hall–Kier alpha value is -2.02. The molecule has 1 N–H and O–H groups in total. The Kier molecular flexibility index (Phi) is 6.52. The monoisotopic (exact) mass is 192 g/mol. The number of carbonyl (C=O) groups is 1. The second kappa shape index (κ2) is 7.62. The van der Waals surface area contributed by atoms with Gasteiger partial charge in [-0.2, -0.15) is 5.26 Å². The average molecular weight is 192 g/mol. The van der Waals surface area contributed by atoms with E-state index in [-0.39, 0.29) is 0 Å². The molecule has 1 aromatic carbocycles. The number of hydrogen-bond donors (Lipinski definition) is 1. The van der Waals surface area contributed by atoms with E-state index in [1.807, 2.05) is 18.2 Å². The number of alkyl carbamates (subject to hydrolysis) is 1. The lowest BCUT2D eigenvalue weighted by atomic mass is 10.2. The predicted molar refractivity (Wildman–Crippen MR) is 52.3 cm³/mol. The molecular formula is C10H12N2O2. The molecule has 0 saturated carbocycles. The van der Waals surface area contributed by atoms with Gasteiger partial charge in [0.2, 0.25) is 0 Å². The zero-order chi connectivity index (χ0) is 10.8. The third-order valence-corrected chi connectivity index (χ3v) is 1.28. The second-order valence-electron chi connectivity index (χ2n) is 2.38. The fraction of sp³-hybridized carbons (Fsp3) is 0.200. The number of benzene rings is 1. The largest absolute Gasteiger partial charge is 0.452 e. The molecule has 0 heterocycles. The first-order valence-electron chi connectivity index (χ1n) is 3.95. The van der Waals surface area contributed by atoms with Gasteiger partial charge < -0.3 is 4.74 Å². The van der Waals surface area contributed by atoms with Crippen LogP contribution in [0.5, 0.6) is 0 Å². The topological polar surface area (TPSA) is 62.1 Å². The van der Waals surface area contributed by atoms with Crippen molar-refractivity contribution < 1.29 is 9.53 Å². The van der Waals surface area contributed by atoms with Crippen molar-refractivity contribution in [2.75, 3.05) is 7.11 Å². The Balaban J connectivity index is 0.000000241. The lowest BCUT2D eigenvalue weighted by Crippen LogP contribution is -2.16. The number of rotatable bonds is 0. The van der Waals surface area contributed by atoms with Crippen molar-refractivity contribution in [2.45, 2.75) is 6.92 Å². The van der Waals surface area contributed by atoms with Gasteiger partial charge in [-0.1, -0.05) is 35.9 Å². The highest BCUT2D eigenvalue weighted by Gasteiger charge is 1.90. The molecule has 1 rings (SSSR count). The molecule has 4 heteroatoms. The van der Waals surface area contributed by atoms with Gasteiger partial charge in [0.25, 0.3) is 0 Å². The van der Waals surface area contributed by atoms with Crippen LogP contribution in [0.3, 0.4) is 0 Å². The fourth-order valence-electron chi connectivity index (χ4n) is 0.631. The zero-order valence-corrected chi connectivity index (χ0v) is 8.15. The number of nitrogens with zero attached hydrogens (tertiary/aromatic N) is 1. The zero-order valence-electron chi connectivity index (χ0n) is 8.15. The SMILES string of the molecule is COC(=O)NC#N.Cc1ccccc1. The Morgan fingerprint density at radius 3 is 2.21 bits per heavy atom. The second-order valence-corrected chi connectivity index (χ2v) is 2.38. The van der Waals surface area contributed by atoms with Gasteiger partial charge in [-0.15, -0.1) is 0 Å². The van der Waals surface area contributed by atoms with Crippen LogP contribution in [0, 0.1) is 18.4 Å². The quantitative estimate of drug-likeness (QED) is 0.503. The molecule has 0 saturated heterocycles. The number of amides is 1. The van der Waals surface area contributed by atoms with Crippen molar-refractivity contribution in [3.8, 4) is 6.19 Å². The predicted octanol–water partition coefficient (Wildman–Crippen LogP) is 1.82. The van der Waals surface area contributed by atoms with Gasteiger partial charge in [0.05, 0.1) is 7.11 Å². The van der Waals surface area contributed by atoms with Gasteiger partial charge in [-0.3, -0.25) is 0 Å². The maximum absolute atomic E-state index is 9.86. The Bertz CT molecular complexity index is 304. The number of hydrogen-bond acceptors (Lipinski definition) is 3. The summed E-state index contributed by atoms with van der Waals surface area (Å²) in [6.45, 7) is 2.08. The lowest BCUT2D eigenvalue weighted by molar-refractivity contribution is 0.176. The summed E-state index contributed by atoms with van der Waals surface area (Å²) in [5.41, 5.74) is 1.32. The minimum absolute atomic E-state index is 0.734. The Morgan fingerprint density at radius 1 is 1.43 bits per heavy atom. The summed E-state index contributed by atoms with van der Waals surface area (Å²) < 4.78 is 4.02. The third kappa shape index (κ3) is 6.68. The summed E-state index contributed by atoms with van der Waals surface area (Å²) in [5, 5.41) is 9.45. The lowest BCUT2D eigenvalue weighted by Gasteiger charge is -1.88. The molecule has 0 radical (unpaired) electrons. The number of methoxy groups -OCH3 is 1. The molecule has 0 bridgehead atoms. The van der Waals surface area contributed by atoms with E-state index in [1.54, 1.807) is 5.32 Å². The van der Waals surface area contributed by atoms with Gasteiger partial charge in [0.15, 0.2) is 6.19 Å². The van der Waals surface area contributed by atoms with Crippen LogP contribution in [-0.2, 0) is 4.74 Å². The van der Waals surface area contributed by atoms with Crippen LogP contribution in [0.4, 0.5) is 4.79 Å². The molecule has 4 nitrogen and oxygen atoms in total. The van der Waals surface area contributed by atoms with Gasteiger partial charge in [-0.05, 0) is 6.92 Å². The van der Waals surface area contributed by atoms with E-state index >= 15 is 0 Å². The van der Waals surface area contributed by atoms with Crippen LogP contribution in [0.15, 0.2) is 30.3 Å². The number of aryl methyl sites for hydroxylation is 1. The van der Waals surface area contributed by atoms with Crippen LogP contribution in [0.25, 0.3) is 0 Å². The normalized spacial score (nSPS) is 7.50. The Morgan fingerprint density at radius 2 is 2.00 bits per heavy atom. The number of nitriles is 1. The first-order valence-corrected chi connectivity index (χ1v) is 3.95. The highest BCUT2D eigenvalue weighted by atomic mass is 16.5. The molecule has 0 atom stereocenters. The van der Waals surface area contributed by atoms with Crippen molar-refractivity contribution in [3.05, 3.63) is 35.9 Å². The van der Waals surface area contributed by atoms with Gasteiger partial charge in [0, 0.05) is 0 Å². The molecule has 0 aliphatic heterocycles. The van der Waals surface area contributed by atoms with Crippen molar-refractivity contribution >= 4 is 6.09 Å². The number of ether oxygens (including phenoxy) is 1. The van der Waals surface area contributed by atoms with E-state index in [4.69, 9.17) is 5.26 Å². The number of nitrogens with one attached hydrogen (secondary N) is 1. The maximum atomic E-state index is 9.86. The molecule has 0 aromatic heterocycles. The van der Waals surface area contributed by atoms with Crippen molar-refractivity contribution in [2.24, 2.45) is 0 Å². The molecule has 1 amide bonds.